The zero-order valence-electron chi connectivity index (χ0n) is 17.7. The molecule has 0 radical (unpaired) electrons. The van der Waals surface area contributed by atoms with Gasteiger partial charge in [-0.15, -0.1) is 0 Å². The summed E-state index contributed by atoms with van der Waals surface area (Å²) in [5.74, 6) is 1.45. The van der Waals surface area contributed by atoms with Gasteiger partial charge in [-0.3, -0.25) is 0 Å². The highest BCUT2D eigenvalue weighted by Crippen LogP contribution is 2.36. The zero-order chi connectivity index (χ0) is 23.2. The molecule has 0 saturated carbocycles. The SMILES string of the molecule is COC(=O)c1nccc(Sc2cnc(Nc3ccc(NC4CCB(C#N)CC4)cn3)s2)c1F. The third-order valence-electron chi connectivity index (χ3n) is 5.21. The van der Waals surface area contributed by atoms with Crippen molar-refractivity contribution in [2.45, 2.75) is 40.6 Å². The van der Waals surface area contributed by atoms with Gasteiger partial charge >= 0.3 is 5.97 Å². The molecule has 168 valence electrons. The molecule has 1 aliphatic heterocycles. The van der Waals surface area contributed by atoms with Crippen molar-refractivity contribution in [3.8, 4) is 5.97 Å². The summed E-state index contributed by atoms with van der Waals surface area (Å²) in [4.78, 5) is 24.4. The molecule has 1 aliphatic rings. The highest BCUT2D eigenvalue weighted by atomic mass is 32.2. The monoisotopic (exact) mass is 482 g/mol. The topological polar surface area (TPSA) is 113 Å². The number of pyridine rings is 2. The first-order valence-electron chi connectivity index (χ1n) is 10.3. The normalized spacial score (nSPS) is 13.9. The van der Waals surface area contributed by atoms with E-state index >= 15 is 0 Å². The summed E-state index contributed by atoms with van der Waals surface area (Å²) in [6, 6.07) is 5.68. The number of hydrogen-bond donors (Lipinski definition) is 2. The van der Waals surface area contributed by atoms with E-state index in [0.717, 1.165) is 47.1 Å². The number of carbonyl (C=O) groups is 1. The Morgan fingerprint density at radius 2 is 2.09 bits per heavy atom. The maximum Gasteiger partial charge on any atom is 0.359 e. The van der Waals surface area contributed by atoms with Crippen LogP contribution in [-0.4, -0.2) is 40.8 Å². The molecule has 8 nitrogen and oxygen atoms in total. The number of carbonyl (C=O) groups excluding carboxylic acids is 1. The summed E-state index contributed by atoms with van der Waals surface area (Å²) in [5.41, 5.74) is 0.590. The van der Waals surface area contributed by atoms with Crippen LogP contribution >= 0.6 is 23.1 Å². The Morgan fingerprint density at radius 1 is 1.27 bits per heavy atom. The molecule has 0 bridgehead atoms. The van der Waals surface area contributed by atoms with Gasteiger partial charge < -0.3 is 15.4 Å². The maximum atomic E-state index is 14.5. The summed E-state index contributed by atoms with van der Waals surface area (Å²) < 4.78 is 19.8. The van der Waals surface area contributed by atoms with Gasteiger partial charge in [-0.25, -0.2) is 29.4 Å². The smallest absolute Gasteiger partial charge is 0.359 e. The number of hydrogen-bond acceptors (Lipinski definition) is 10. The minimum atomic E-state index is -0.819. The van der Waals surface area contributed by atoms with Gasteiger partial charge in [-0.1, -0.05) is 35.7 Å². The molecule has 0 aromatic carbocycles. The summed E-state index contributed by atoms with van der Waals surface area (Å²) in [6.45, 7) is 0.180. The number of ether oxygens (including phenoxy) is 1. The average molecular weight is 482 g/mol. The summed E-state index contributed by atoms with van der Waals surface area (Å²) in [5, 5.41) is 16.3. The molecule has 0 unspecified atom stereocenters. The number of nitrogens with zero attached hydrogens (tertiary/aromatic N) is 4. The summed E-state index contributed by atoms with van der Waals surface area (Å²) in [6.07, 6.45) is 8.59. The van der Waals surface area contributed by atoms with Gasteiger partial charge in [0, 0.05) is 18.2 Å². The molecule has 1 saturated heterocycles. The maximum absolute atomic E-state index is 14.5. The Labute approximate surface area is 199 Å². The molecule has 0 amide bonds. The number of nitrogens with one attached hydrogen (secondary N) is 2. The van der Waals surface area contributed by atoms with Gasteiger partial charge in [0.1, 0.15) is 5.82 Å². The molecular weight excluding hydrogens is 462 g/mol. The number of halogens is 1. The first-order chi connectivity index (χ1) is 16.1. The van der Waals surface area contributed by atoms with E-state index in [1.54, 1.807) is 12.4 Å². The standard InChI is InChI=1S/C21H20BFN6O2S2/c1-31-20(30)19-18(23)15(6-9-25-19)32-17-11-27-21(33-17)29-16-3-2-14(10-26-16)28-13-4-7-22(12-24)8-5-13/h2-3,6,9-11,13,28H,4-5,7-8H2,1H3,(H,26,27,29). The Morgan fingerprint density at radius 3 is 2.79 bits per heavy atom. The van der Waals surface area contributed by atoms with Crippen LogP contribution in [0.2, 0.25) is 12.6 Å². The van der Waals surface area contributed by atoms with Crippen molar-refractivity contribution in [1.29, 1.82) is 5.26 Å². The van der Waals surface area contributed by atoms with E-state index in [1.807, 2.05) is 12.1 Å². The van der Waals surface area contributed by atoms with E-state index in [2.05, 4.69) is 36.3 Å². The first-order valence-corrected chi connectivity index (χ1v) is 11.9. The molecule has 2 N–H and O–H groups in total. The number of rotatable bonds is 7. The molecule has 0 aliphatic carbocycles. The molecule has 3 aromatic rings. The molecule has 0 spiro atoms. The summed E-state index contributed by atoms with van der Waals surface area (Å²) in [7, 11) is 1.18. The van der Waals surface area contributed by atoms with Gasteiger partial charge in [0.2, 0.25) is 0 Å². The van der Waals surface area contributed by atoms with Crippen molar-refractivity contribution >= 4 is 52.4 Å². The minimum absolute atomic E-state index is 0.180. The first kappa shape index (κ1) is 23.0. The Bertz CT molecular complexity index is 1160. The van der Waals surface area contributed by atoms with Crippen LogP contribution in [0.15, 0.2) is 45.9 Å². The highest BCUT2D eigenvalue weighted by molar-refractivity contribution is 8.01. The molecule has 33 heavy (non-hydrogen) atoms. The van der Waals surface area contributed by atoms with E-state index in [-0.39, 0.29) is 17.3 Å². The van der Waals surface area contributed by atoms with E-state index in [9.17, 15) is 9.18 Å². The second kappa shape index (κ2) is 10.6. The third-order valence-corrected chi connectivity index (χ3v) is 7.26. The lowest BCUT2D eigenvalue weighted by atomic mass is 9.42. The van der Waals surface area contributed by atoms with Crippen LogP contribution in [0.25, 0.3) is 0 Å². The quantitative estimate of drug-likeness (QED) is 0.359. The second-order valence-corrected chi connectivity index (χ2v) is 9.80. The number of nitriles is 1. The van der Waals surface area contributed by atoms with Gasteiger partial charge in [0.25, 0.3) is 6.71 Å². The number of methoxy groups -OCH3 is 1. The minimum Gasteiger partial charge on any atom is -0.464 e. The van der Waals surface area contributed by atoms with E-state index in [4.69, 9.17) is 5.26 Å². The number of esters is 1. The van der Waals surface area contributed by atoms with E-state index in [1.165, 1.54) is 30.7 Å². The van der Waals surface area contributed by atoms with E-state index < -0.39 is 11.8 Å². The Balaban J connectivity index is 1.34. The van der Waals surface area contributed by atoms with Crippen LogP contribution in [0, 0.1) is 17.0 Å². The molecule has 1 fully saturated rings. The number of anilines is 3. The lowest BCUT2D eigenvalue weighted by Crippen LogP contribution is -2.29. The van der Waals surface area contributed by atoms with Crippen LogP contribution in [0.3, 0.4) is 0 Å². The highest BCUT2D eigenvalue weighted by Gasteiger charge is 2.24. The molecule has 4 heterocycles. The second-order valence-electron chi connectivity index (χ2n) is 7.43. The third kappa shape index (κ3) is 5.80. The molecule has 12 heteroatoms. The van der Waals surface area contributed by atoms with Crippen molar-refractivity contribution in [3.05, 3.63) is 48.3 Å². The zero-order valence-corrected chi connectivity index (χ0v) is 19.4. The predicted octanol–water partition coefficient (Wildman–Crippen LogP) is 4.89. The van der Waals surface area contributed by atoms with Crippen LogP contribution in [0.4, 0.5) is 21.0 Å². The number of aromatic nitrogens is 3. The fourth-order valence-corrected chi connectivity index (χ4v) is 5.35. The van der Waals surface area contributed by atoms with Crippen LogP contribution in [0.5, 0.6) is 0 Å². The Kier molecular flexibility index (Phi) is 7.41. The van der Waals surface area contributed by atoms with Gasteiger partial charge in [0.05, 0.1) is 34.3 Å². The molecular formula is C21H20BFN6O2S2. The largest absolute Gasteiger partial charge is 0.464 e. The van der Waals surface area contributed by atoms with Crippen LogP contribution < -0.4 is 10.6 Å². The number of thiazole rings is 1. The average Bonchev–Trinajstić information content (AvgIpc) is 3.28. The fraction of sp³-hybridized carbons (Fsp3) is 0.286. The molecule has 0 atom stereocenters. The van der Waals surface area contributed by atoms with E-state index in [0.29, 0.717) is 17.0 Å². The summed E-state index contributed by atoms with van der Waals surface area (Å²) >= 11 is 2.50. The van der Waals surface area contributed by atoms with Crippen molar-refractivity contribution in [3.63, 3.8) is 0 Å². The fourth-order valence-electron chi connectivity index (χ4n) is 3.48. The van der Waals surface area contributed by atoms with Gasteiger partial charge in [-0.05, 0) is 31.0 Å². The Hall–Kier alpha value is -3.17. The van der Waals surface area contributed by atoms with Crippen molar-refractivity contribution < 1.29 is 13.9 Å². The van der Waals surface area contributed by atoms with Crippen molar-refractivity contribution in [2.75, 3.05) is 17.7 Å². The van der Waals surface area contributed by atoms with Gasteiger partial charge in [-0.2, -0.15) is 0 Å². The molecule has 4 rings (SSSR count). The van der Waals surface area contributed by atoms with Crippen molar-refractivity contribution in [1.82, 2.24) is 15.0 Å². The van der Waals surface area contributed by atoms with Crippen LogP contribution in [-0.2, 0) is 4.74 Å². The van der Waals surface area contributed by atoms with Crippen LogP contribution in [0.1, 0.15) is 23.3 Å². The lowest BCUT2D eigenvalue weighted by molar-refractivity contribution is 0.0587. The predicted molar refractivity (Wildman–Crippen MR) is 127 cm³/mol. The van der Waals surface area contributed by atoms with Gasteiger partial charge in [0.15, 0.2) is 16.6 Å². The lowest BCUT2D eigenvalue weighted by Gasteiger charge is -2.25. The van der Waals surface area contributed by atoms with Crippen molar-refractivity contribution in [2.24, 2.45) is 0 Å². The molecule has 3 aromatic heterocycles.